The molecule has 0 spiro atoms. The minimum atomic E-state index is -0.199. The Kier molecular flexibility index (Phi) is 6.38. The second kappa shape index (κ2) is 9.34. The Morgan fingerprint density at radius 1 is 0.967 bits per heavy atom. The molecule has 0 saturated carbocycles. The standard InChI is InChI=1S/C23H29N5O2/c1-24-23(30)20-10-8-18(15-26-20)17-7-9-19(25-14-17)21-6-5-13-28(21)16-22(29)27-11-3-2-4-12-27/h7-10,14-15,21H,2-6,11-13,16H2,1H3,(H,24,30)/t21-/m0/s1. The molecule has 0 aliphatic carbocycles. The van der Waals surface area contributed by atoms with E-state index in [4.69, 9.17) is 4.98 Å². The van der Waals surface area contributed by atoms with Crippen molar-refractivity contribution in [3.05, 3.63) is 48.0 Å². The number of aromatic nitrogens is 2. The predicted octanol–water partition coefficient (Wildman–Crippen LogP) is 2.65. The number of nitrogens with zero attached hydrogens (tertiary/aromatic N) is 4. The van der Waals surface area contributed by atoms with E-state index in [1.54, 1.807) is 19.3 Å². The van der Waals surface area contributed by atoms with E-state index in [1.165, 1.54) is 6.42 Å². The summed E-state index contributed by atoms with van der Waals surface area (Å²) in [5, 5.41) is 2.57. The summed E-state index contributed by atoms with van der Waals surface area (Å²) in [7, 11) is 1.59. The summed E-state index contributed by atoms with van der Waals surface area (Å²) in [5.41, 5.74) is 3.29. The molecule has 2 aliphatic heterocycles. The van der Waals surface area contributed by atoms with Crippen molar-refractivity contribution in [3.8, 4) is 11.1 Å². The maximum atomic E-state index is 12.7. The first-order valence-corrected chi connectivity index (χ1v) is 10.8. The zero-order chi connectivity index (χ0) is 20.9. The number of rotatable bonds is 5. The Balaban J connectivity index is 1.42. The fourth-order valence-corrected chi connectivity index (χ4v) is 4.37. The summed E-state index contributed by atoms with van der Waals surface area (Å²) in [4.78, 5) is 37.6. The van der Waals surface area contributed by atoms with Crippen molar-refractivity contribution in [2.45, 2.75) is 38.1 Å². The molecular weight excluding hydrogens is 378 g/mol. The Labute approximate surface area is 177 Å². The molecule has 1 atom stereocenters. The summed E-state index contributed by atoms with van der Waals surface area (Å²) >= 11 is 0. The normalized spacial score (nSPS) is 19.6. The maximum Gasteiger partial charge on any atom is 0.269 e. The van der Waals surface area contributed by atoms with Gasteiger partial charge in [-0.05, 0) is 50.8 Å². The first-order chi connectivity index (χ1) is 14.7. The highest BCUT2D eigenvalue weighted by Gasteiger charge is 2.30. The lowest BCUT2D eigenvalue weighted by Gasteiger charge is -2.30. The van der Waals surface area contributed by atoms with Gasteiger partial charge in [-0.15, -0.1) is 0 Å². The van der Waals surface area contributed by atoms with Gasteiger partial charge in [0.25, 0.3) is 5.91 Å². The van der Waals surface area contributed by atoms with Crippen molar-refractivity contribution in [1.82, 2.24) is 25.1 Å². The zero-order valence-electron chi connectivity index (χ0n) is 17.5. The first kappa shape index (κ1) is 20.5. The quantitative estimate of drug-likeness (QED) is 0.824. The third kappa shape index (κ3) is 4.51. The molecule has 158 valence electrons. The fourth-order valence-electron chi connectivity index (χ4n) is 4.37. The van der Waals surface area contributed by atoms with Gasteiger partial charge in [0, 0.05) is 43.7 Å². The first-order valence-electron chi connectivity index (χ1n) is 10.8. The number of nitrogens with one attached hydrogen (secondary N) is 1. The fraction of sp³-hybridized carbons (Fsp3) is 0.478. The highest BCUT2D eigenvalue weighted by molar-refractivity contribution is 5.92. The second-order valence-electron chi connectivity index (χ2n) is 8.05. The van der Waals surface area contributed by atoms with Crippen LogP contribution in [0, 0.1) is 0 Å². The summed E-state index contributed by atoms with van der Waals surface area (Å²) < 4.78 is 0. The van der Waals surface area contributed by atoms with Crippen LogP contribution in [-0.2, 0) is 4.79 Å². The number of pyridine rings is 2. The number of amides is 2. The zero-order valence-corrected chi connectivity index (χ0v) is 17.5. The number of piperidine rings is 1. The lowest BCUT2D eigenvalue weighted by atomic mass is 10.1. The lowest BCUT2D eigenvalue weighted by Crippen LogP contribution is -2.42. The molecule has 7 heteroatoms. The molecule has 30 heavy (non-hydrogen) atoms. The van der Waals surface area contributed by atoms with Crippen molar-refractivity contribution in [1.29, 1.82) is 0 Å². The smallest absolute Gasteiger partial charge is 0.269 e. The molecule has 0 radical (unpaired) electrons. The van der Waals surface area contributed by atoms with Crippen molar-refractivity contribution < 1.29 is 9.59 Å². The summed E-state index contributed by atoms with van der Waals surface area (Å²) in [6, 6.07) is 7.89. The van der Waals surface area contributed by atoms with E-state index < -0.39 is 0 Å². The molecule has 4 heterocycles. The molecule has 1 N–H and O–H groups in total. The molecule has 0 bridgehead atoms. The van der Waals surface area contributed by atoms with Crippen molar-refractivity contribution in [2.75, 3.05) is 33.2 Å². The van der Waals surface area contributed by atoms with Gasteiger partial charge in [-0.3, -0.25) is 24.5 Å². The molecule has 2 aromatic heterocycles. The van der Waals surface area contributed by atoms with E-state index in [0.717, 1.165) is 62.1 Å². The van der Waals surface area contributed by atoms with Crippen LogP contribution < -0.4 is 5.32 Å². The average Bonchev–Trinajstić information content (AvgIpc) is 3.27. The van der Waals surface area contributed by atoms with E-state index in [9.17, 15) is 9.59 Å². The number of hydrogen-bond donors (Lipinski definition) is 1. The minimum Gasteiger partial charge on any atom is -0.354 e. The van der Waals surface area contributed by atoms with Crippen LogP contribution in [0.2, 0.25) is 0 Å². The largest absolute Gasteiger partial charge is 0.354 e. The average molecular weight is 408 g/mol. The SMILES string of the molecule is CNC(=O)c1ccc(-c2ccc([C@@H]3CCCN3CC(=O)N3CCCCC3)nc2)cn1. The molecule has 2 fully saturated rings. The second-order valence-corrected chi connectivity index (χ2v) is 8.05. The van der Waals surface area contributed by atoms with Gasteiger partial charge in [-0.25, -0.2) is 0 Å². The number of carbonyl (C=O) groups is 2. The van der Waals surface area contributed by atoms with Crippen molar-refractivity contribution >= 4 is 11.8 Å². The van der Waals surface area contributed by atoms with E-state index in [0.29, 0.717) is 12.2 Å². The lowest BCUT2D eigenvalue weighted by molar-refractivity contribution is -0.133. The van der Waals surface area contributed by atoms with Gasteiger partial charge in [0.15, 0.2) is 0 Å². The monoisotopic (exact) mass is 407 g/mol. The van der Waals surface area contributed by atoms with Crippen LogP contribution in [0.5, 0.6) is 0 Å². The highest BCUT2D eigenvalue weighted by Crippen LogP contribution is 2.31. The Bertz CT molecular complexity index is 875. The summed E-state index contributed by atoms with van der Waals surface area (Å²) in [5.74, 6) is 0.0518. The molecule has 2 saturated heterocycles. The van der Waals surface area contributed by atoms with E-state index in [1.807, 2.05) is 23.2 Å². The molecule has 0 aromatic carbocycles. The predicted molar refractivity (Wildman–Crippen MR) is 115 cm³/mol. The van der Waals surface area contributed by atoms with Crippen LogP contribution >= 0.6 is 0 Å². The van der Waals surface area contributed by atoms with Crippen LogP contribution in [-0.4, -0.2) is 64.8 Å². The van der Waals surface area contributed by atoms with Crippen LogP contribution in [0.4, 0.5) is 0 Å². The molecule has 7 nitrogen and oxygen atoms in total. The number of likely N-dealkylation sites (tertiary alicyclic amines) is 2. The van der Waals surface area contributed by atoms with Gasteiger partial charge in [0.1, 0.15) is 5.69 Å². The number of hydrogen-bond acceptors (Lipinski definition) is 5. The topological polar surface area (TPSA) is 78.4 Å². The van der Waals surface area contributed by atoms with Gasteiger partial charge in [0.05, 0.1) is 18.3 Å². The summed E-state index contributed by atoms with van der Waals surface area (Å²) in [6.45, 7) is 3.23. The third-order valence-electron chi connectivity index (χ3n) is 6.10. The van der Waals surface area contributed by atoms with Gasteiger partial charge < -0.3 is 10.2 Å². The Hall–Kier alpha value is -2.80. The van der Waals surface area contributed by atoms with Gasteiger partial charge in [-0.2, -0.15) is 0 Å². The van der Waals surface area contributed by atoms with Crippen molar-refractivity contribution in [2.24, 2.45) is 0 Å². The van der Waals surface area contributed by atoms with Crippen molar-refractivity contribution in [3.63, 3.8) is 0 Å². The van der Waals surface area contributed by atoms with Gasteiger partial charge >= 0.3 is 0 Å². The Morgan fingerprint density at radius 3 is 2.33 bits per heavy atom. The van der Waals surface area contributed by atoms with Crippen LogP contribution in [0.3, 0.4) is 0 Å². The van der Waals surface area contributed by atoms with Gasteiger partial charge in [-0.1, -0.05) is 12.1 Å². The molecule has 2 amide bonds. The number of carbonyl (C=O) groups excluding carboxylic acids is 2. The van der Waals surface area contributed by atoms with Crippen LogP contribution in [0.15, 0.2) is 36.7 Å². The summed E-state index contributed by atoms with van der Waals surface area (Å²) in [6.07, 6.45) is 9.15. The molecular formula is C23H29N5O2. The Morgan fingerprint density at radius 2 is 1.70 bits per heavy atom. The van der Waals surface area contributed by atoms with E-state index in [2.05, 4.69) is 21.3 Å². The molecule has 4 rings (SSSR count). The minimum absolute atomic E-state index is 0.196. The molecule has 2 aromatic rings. The molecule has 0 unspecified atom stereocenters. The van der Waals surface area contributed by atoms with E-state index in [-0.39, 0.29) is 17.9 Å². The highest BCUT2D eigenvalue weighted by atomic mass is 16.2. The van der Waals surface area contributed by atoms with Crippen LogP contribution in [0.25, 0.3) is 11.1 Å². The maximum absolute atomic E-state index is 12.7. The molecule has 2 aliphatic rings. The van der Waals surface area contributed by atoms with E-state index >= 15 is 0 Å². The third-order valence-corrected chi connectivity index (χ3v) is 6.10. The van der Waals surface area contributed by atoms with Crippen LogP contribution in [0.1, 0.15) is 54.3 Å². The van der Waals surface area contributed by atoms with Gasteiger partial charge in [0.2, 0.25) is 5.91 Å².